The van der Waals surface area contributed by atoms with Gasteiger partial charge in [0.1, 0.15) is 0 Å². The van der Waals surface area contributed by atoms with Gasteiger partial charge in [-0.1, -0.05) is 12.1 Å². The van der Waals surface area contributed by atoms with Crippen LogP contribution in [0.15, 0.2) is 45.7 Å². The molecule has 0 fully saturated rings. The summed E-state index contributed by atoms with van der Waals surface area (Å²) in [7, 11) is 1.87. The standard InChI is InChI=1S/C13H13BrN2O3/c1-15-12(11-6-7-19-13(11)14)8-9-2-4-10(5-3-9)16(17)18/h2-7,12,15H,8H2,1H3. The minimum absolute atomic E-state index is 0.0922. The number of furan rings is 1. The van der Waals surface area contributed by atoms with E-state index in [0.717, 1.165) is 17.5 Å². The van der Waals surface area contributed by atoms with E-state index >= 15 is 0 Å². The van der Waals surface area contributed by atoms with Gasteiger partial charge >= 0.3 is 0 Å². The topological polar surface area (TPSA) is 68.3 Å². The molecule has 0 saturated heterocycles. The summed E-state index contributed by atoms with van der Waals surface area (Å²) in [5, 5.41) is 13.8. The van der Waals surface area contributed by atoms with Gasteiger partial charge in [0.25, 0.3) is 5.69 Å². The molecule has 100 valence electrons. The maximum atomic E-state index is 10.6. The van der Waals surface area contributed by atoms with Gasteiger partial charge in [-0.3, -0.25) is 10.1 Å². The second-order valence-electron chi connectivity index (χ2n) is 4.12. The number of nitro groups is 1. The second kappa shape index (κ2) is 5.99. The number of nitrogens with zero attached hydrogens (tertiary/aromatic N) is 1. The van der Waals surface area contributed by atoms with E-state index in [2.05, 4.69) is 21.2 Å². The average Bonchev–Trinajstić information content (AvgIpc) is 2.83. The molecule has 1 aromatic carbocycles. The van der Waals surface area contributed by atoms with E-state index in [1.54, 1.807) is 18.4 Å². The van der Waals surface area contributed by atoms with E-state index in [9.17, 15) is 10.1 Å². The summed E-state index contributed by atoms with van der Waals surface area (Å²) in [5.74, 6) is 0. The Balaban J connectivity index is 2.15. The van der Waals surface area contributed by atoms with Gasteiger partial charge in [0.2, 0.25) is 0 Å². The monoisotopic (exact) mass is 324 g/mol. The molecule has 1 unspecified atom stereocenters. The summed E-state index contributed by atoms with van der Waals surface area (Å²) >= 11 is 3.36. The maximum Gasteiger partial charge on any atom is 0.269 e. The fraction of sp³-hybridized carbons (Fsp3) is 0.231. The van der Waals surface area contributed by atoms with Gasteiger partial charge in [-0.05, 0) is 41.0 Å². The minimum Gasteiger partial charge on any atom is -0.457 e. The van der Waals surface area contributed by atoms with Gasteiger partial charge in [-0.25, -0.2) is 0 Å². The molecule has 0 aliphatic heterocycles. The maximum absolute atomic E-state index is 10.6. The van der Waals surface area contributed by atoms with Gasteiger partial charge in [0.05, 0.1) is 11.2 Å². The molecule has 1 N–H and O–H groups in total. The Bertz CT molecular complexity index is 566. The Kier molecular flexibility index (Phi) is 4.34. The van der Waals surface area contributed by atoms with Crippen LogP contribution in [0.3, 0.4) is 0 Å². The summed E-state index contributed by atoms with van der Waals surface area (Å²) < 4.78 is 5.93. The molecular formula is C13H13BrN2O3. The molecule has 1 heterocycles. The van der Waals surface area contributed by atoms with Crippen LogP contribution in [0.1, 0.15) is 17.2 Å². The van der Waals surface area contributed by atoms with Crippen LogP contribution in [0.5, 0.6) is 0 Å². The highest BCUT2D eigenvalue weighted by Gasteiger charge is 2.16. The normalized spacial score (nSPS) is 12.3. The fourth-order valence-corrected chi connectivity index (χ4v) is 2.43. The van der Waals surface area contributed by atoms with Gasteiger partial charge in [0, 0.05) is 23.7 Å². The second-order valence-corrected chi connectivity index (χ2v) is 4.84. The molecule has 1 atom stereocenters. The van der Waals surface area contributed by atoms with Gasteiger partial charge in [-0.15, -0.1) is 0 Å². The zero-order valence-corrected chi connectivity index (χ0v) is 11.9. The number of non-ortho nitro benzene ring substituents is 1. The Morgan fingerprint density at radius 3 is 2.53 bits per heavy atom. The van der Waals surface area contributed by atoms with Crippen molar-refractivity contribution in [2.24, 2.45) is 0 Å². The van der Waals surface area contributed by atoms with E-state index in [1.807, 2.05) is 13.1 Å². The first-order valence-corrected chi connectivity index (χ1v) is 6.54. The van der Waals surface area contributed by atoms with Crippen molar-refractivity contribution in [1.29, 1.82) is 0 Å². The van der Waals surface area contributed by atoms with E-state index in [-0.39, 0.29) is 11.7 Å². The molecule has 6 heteroatoms. The highest BCUT2D eigenvalue weighted by atomic mass is 79.9. The Morgan fingerprint density at radius 2 is 2.05 bits per heavy atom. The first-order chi connectivity index (χ1) is 9.11. The summed E-state index contributed by atoms with van der Waals surface area (Å²) in [4.78, 5) is 10.2. The van der Waals surface area contributed by atoms with Crippen LogP contribution in [0, 0.1) is 10.1 Å². The third kappa shape index (κ3) is 3.21. The number of rotatable bonds is 5. The van der Waals surface area contributed by atoms with Crippen LogP contribution < -0.4 is 5.32 Å². The van der Waals surface area contributed by atoms with Crippen molar-refractivity contribution in [2.45, 2.75) is 12.5 Å². The van der Waals surface area contributed by atoms with Crippen LogP contribution in [0.4, 0.5) is 5.69 Å². The van der Waals surface area contributed by atoms with Crippen LogP contribution in [-0.4, -0.2) is 12.0 Å². The Morgan fingerprint density at radius 1 is 1.37 bits per heavy atom. The van der Waals surface area contributed by atoms with Crippen molar-refractivity contribution in [1.82, 2.24) is 5.32 Å². The molecule has 0 spiro atoms. The first kappa shape index (κ1) is 13.8. The highest BCUT2D eigenvalue weighted by molar-refractivity contribution is 9.10. The zero-order valence-electron chi connectivity index (χ0n) is 10.3. The number of hydrogen-bond donors (Lipinski definition) is 1. The van der Waals surface area contributed by atoms with Crippen molar-refractivity contribution < 1.29 is 9.34 Å². The summed E-state index contributed by atoms with van der Waals surface area (Å²) in [6, 6.07) is 8.58. The molecule has 1 aromatic heterocycles. The van der Waals surface area contributed by atoms with Crippen molar-refractivity contribution in [3.63, 3.8) is 0 Å². The van der Waals surface area contributed by atoms with Gasteiger partial charge < -0.3 is 9.73 Å². The largest absolute Gasteiger partial charge is 0.457 e. The molecular weight excluding hydrogens is 312 g/mol. The molecule has 5 nitrogen and oxygen atoms in total. The van der Waals surface area contributed by atoms with Gasteiger partial charge in [0.15, 0.2) is 4.67 Å². The number of nitro benzene ring substituents is 1. The molecule has 0 aliphatic rings. The molecule has 0 amide bonds. The van der Waals surface area contributed by atoms with Crippen LogP contribution >= 0.6 is 15.9 Å². The Hall–Kier alpha value is -1.66. The first-order valence-electron chi connectivity index (χ1n) is 5.75. The average molecular weight is 325 g/mol. The number of likely N-dealkylation sites (N-methyl/N-ethyl adjacent to an activating group) is 1. The summed E-state index contributed by atoms with van der Waals surface area (Å²) in [6.45, 7) is 0. The molecule has 0 aliphatic carbocycles. The van der Waals surface area contributed by atoms with Crippen molar-refractivity contribution in [3.05, 3.63) is 62.5 Å². The quantitative estimate of drug-likeness (QED) is 0.675. The Labute approximate surface area is 118 Å². The smallest absolute Gasteiger partial charge is 0.269 e. The third-order valence-corrected chi connectivity index (χ3v) is 3.60. The predicted molar refractivity (Wildman–Crippen MR) is 75.0 cm³/mol. The molecule has 0 bridgehead atoms. The zero-order chi connectivity index (χ0) is 13.8. The van der Waals surface area contributed by atoms with E-state index < -0.39 is 4.92 Å². The van der Waals surface area contributed by atoms with Crippen LogP contribution in [0.25, 0.3) is 0 Å². The number of hydrogen-bond acceptors (Lipinski definition) is 4. The molecule has 2 aromatic rings. The molecule has 2 rings (SSSR count). The van der Waals surface area contributed by atoms with Crippen molar-refractivity contribution >= 4 is 21.6 Å². The summed E-state index contributed by atoms with van der Waals surface area (Å²) in [6.07, 6.45) is 2.35. The van der Waals surface area contributed by atoms with Crippen molar-refractivity contribution in [2.75, 3.05) is 7.05 Å². The summed E-state index contributed by atoms with van der Waals surface area (Å²) in [5.41, 5.74) is 2.16. The van der Waals surface area contributed by atoms with Crippen LogP contribution in [0.2, 0.25) is 0 Å². The molecule has 19 heavy (non-hydrogen) atoms. The SMILES string of the molecule is CNC(Cc1ccc([N+](=O)[O-])cc1)c1ccoc1Br. The predicted octanol–water partition coefficient (Wildman–Crippen LogP) is 3.45. The van der Waals surface area contributed by atoms with Crippen LogP contribution in [-0.2, 0) is 6.42 Å². The number of halogens is 1. The third-order valence-electron chi connectivity index (χ3n) is 2.96. The highest BCUT2D eigenvalue weighted by Crippen LogP contribution is 2.27. The minimum atomic E-state index is -0.397. The lowest BCUT2D eigenvalue weighted by Crippen LogP contribution is -2.18. The fourth-order valence-electron chi connectivity index (χ4n) is 1.91. The van der Waals surface area contributed by atoms with Crippen molar-refractivity contribution in [3.8, 4) is 0 Å². The lowest BCUT2D eigenvalue weighted by molar-refractivity contribution is -0.384. The lowest BCUT2D eigenvalue weighted by Gasteiger charge is -2.15. The molecule has 0 saturated carbocycles. The van der Waals surface area contributed by atoms with E-state index in [4.69, 9.17) is 4.42 Å². The van der Waals surface area contributed by atoms with Gasteiger partial charge in [-0.2, -0.15) is 0 Å². The number of benzene rings is 1. The molecule has 0 radical (unpaired) electrons. The van der Waals surface area contributed by atoms with E-state index in [0.29, 0.717) is 4.67 Å². The van der Waals surface area contributed by atoms with E-state index in [1.165, 1.54) is 12.1 Å². The lowest BCUT2D eigenvalue weighted by atomic mass is 10.0. The number of nitrogens with one attached hydrogen (secondary N) is 1.